The number of anilines is 2. The number of carbonyl (C=O) groups excluding carboxylic acids is 1. The first-order chi connectivity index (χ1) is 13.1. The van der Waals surface area contributed by atoms with Gasteiger partial charge in [-0.3, -0.25) is 4.79 Å². The van der Waals surface area contributed by atoms with Crippen LogP contribution < -0.4 is 10.2 Å². The molecule has 4 rings (SSSR count). The predicted molar refractivity (Wildman–Crippen MR) is 109 cm³/mol. The van der Waals surface area contributed by atoms with Crippen molar-refractivity contribution in [3.8, 4) is 0 Å². The fourth-order valence-corrected chi connectivity index (χ4v) is 3.31. The maximum Gasteiger partial charge on any atom is 0.278 e. The van der Waals surface area contributed by atoms with Gasteiger partial charge in [-0.2, -0.15) is 0 Å². The molecule has 2 heterocycles. The molecule has 6 nitrogen and oxygen atoms in total. The minimum Gasteiger partial charge on any atom is -0.352 e. The minimum atomic E-state index is -0.310. The second-order valence-corrected chi connectivity index (χ2v) is 7.02. The van der Waals surface area contributed by atoms with E-state index < -0.39 is 0 Å². The summed E-state index contributed by atoms with van der Waals surface area (Å²) in [6.07, 6.45) is 0. The summed E-state index contributed by atoms with van der Waals surface area (Å²) in [6.45, 7) is 3.44. The average Bonchev–Trinajstić information content (AvgIpc) is 2.69. The summed E-state index contributed by atoms with van der Waals surface area (Å²) in [5, 5.41) is 3.36. The molecule has 138 valence electrons. The number of rotatable bonds is 3. The van der Waals surface area contributed by atoms with Crippen molar-refractivity contribution < 1.29 is 4.79 Å². The van der Waals surface area contributed by atoms with Gasteiger partial charge in [-0.05, 0) is 31.3 Å². The first-order valence-corrected chi connectivity index (χ1v) is 9.26. The minimum absolute atomic E-state index is 0.310. The highest BCUT2D eigenvalue weighted by Gasteiger charge is 2.24. The molecule has 1 aromatic heterocycles. The number of hydrogen-bond acceptors (Lipinski definition) is 5. The fraction of sp³-hybridized carbons (Fsp3) is 0.250. The molecule has 1 N–H and O–H groups in total. The van der Waals surface area contributed by atoms with Crippen LogP contribution in [0.4, 0.5) is 11.5 Å². The molecule has 2 aromatic carbocycles. The van der Waals surface area contributed by atoms with Crippen molar-refractivity contribution in [2.45, 2.75) is 0 Å². The number of hydrogen-bond donors (Lipinski definition) is 1. The van der Waals surface area contributed by atoms with E-state index in [1.807, 2.05) is 36.4 Å². The van der Waals surface area contributed by atoms with Crippen LogP contribution in [0.25, 0.3) is 11.0 Å². The van der Waals surface area contributed by atoms with Crippen molar-refractivity contribution in [3.05, 3.63) is 59.2 Å². The van der Waals surface area contributed by atoms with E-state index in [1.54, 1.807) is 12.1 Å². The quantitative estimate of drug-likeness (QED) is 0.754. The van der Waals surface area contributed by atoms with Gasteiger partial charge in [-0.25, -0.2) is 9.97 Å². The summed E-state index contributed by atoms with van der Waals surface area (Å²) >= 11 is 6.19. The number of piperazine rings is 1. The lowest BCUT2D eigenvalue weighted by Gasteiger charge is -2.33. The fourth-order valence-electron chi connectivity index (χ4n) is 3.13. The molecule has 1 fully saturated rings. The number of nitrogens with zero attached hydrogens (tertiary/aromatic N) is 4. The maximum absolute atomic E-state index is 13.0. The van der Waals surface area contributed by atoms with E-state index in [1.165, 1.54) is 0 Å². The Morgan fingerprint density at radius 2 is 1.59 bits per heavy atom. The van der Waals surface area contributed by atoms with Crippen LogP contribution in [0.2, 0.25) is 5.02 Å². The molecule has 0 aliphatic carbocycles. The van der Waals surface area contributed by atoms with Crippen LogP contribution in [0.1, 0.15) is 10.5 Å². The predicted octanol–water partition coefficient (Wildman–Crippen LogP) is 3.29. The Kier molecular flexibility index (Phi) is 4.92. The molecule has 3 aromatic rings. The Morgan fingerprint density at radius 3 is 2.30 bits per heavy atom. The largest absolute Gasteiger partial charge is 0.352 e. The third kappa shape index (κ3) is 3.72. The van der Waals surface area contributed by atoms with Crippen LogP contribution in [0.15, 0.2) is 48.5 Å². The molecule has 1 aliphatic heterocycles. The zero-order valence-electron chi connectivity index (χ0n) is 15.0. The number of likely N-dealkylation sites (N-methyl/N-ethyl adjacent to an activating group) is 1. The Hall–Kier alpha value is -2.70. The van der Waals surface area contributed by atoms with Crippen LogP contribution in [0.5, 0.6) is 0 Å². The first-order valence-electron chi connectivity index (χ1n) is 8.88. The van der Waals surface area contributed by atoms with Gasteiger partial charge in [-0.1, -0.05) is 35.9 Å². The first kappa shape index (κ1) is 17.7. The average molecular weight is 382 g/mol. The van der Waals surface area contributed by atoms with Crippen LogP contribution in [0, 0.1) is 0 Å². The highest BCUT2D eigenvalue weighted by atomic mass is 35.5. The number of para-hydroxylation sites is 3. The van der Waals surface area contributed by atoms with Gasteiger partial charge in [0, 0.05) is 26.2 Å². The molecule has 7 heteroatoms. The Labute approximate surface area is 162 Å². The van der Waals surface area contributed by atoms with E-state index in [0.717, 1.165) is 31.7 Å². The van der Waals surface area contributed by atoms with Crippen LogP contribution >= 0.6 is 11.6 Å². The molecule has 27 heavy (non-hydrogen) atoms. The smallest absolute Gasteiger partial charge is 0.278 e. The van der Waals surface area contributed by atoms with Gasteiger partial charge in [0.05, 0.1) is 21.7 Å². The second-order valence-electron chi connectivity index (χ2n) is 6.61. The van der Waals surface area contributed by atoms with E-state index in [-0.39, 0.29) is 5.91 Å². The number of carbonyl (C=O) groups is 1. The molecular weight excluding hydrogens is 362 g/mol. The number of fused-ring (bicyclic) bond motifs is 1. The normalized spacial score (nSPS) is 15.1. The maximum atomic E-state index is 13.0. The van der Waals surface area contributed by atoms with Gasteiger partial charge >= 0.3 is 0 Å². The highest BCUT2D eigenvalue weighted by Crippen LogP contribution is 2.25. The van der Waals surface area contributed by atoms with Crippen molar-refractivity contribution in [2.75, 3.05) is 43.4 Å². The molecule has 0 radical (unpaired) electrons. The van der Waals surface area contributed by atoms with Gasteiger partial charge in [0.15, 0.2) is 11.5 Å². The molecular formula is C20H20ClN5O. The molecule has 0 spiro atoms. The van der Waals surface area contributed by atoms with Gasteiger partial charge in [0.25, 0.3) is 5.91 Å². The lowest BCUT2D eigenvalue weighted by atomic mass is 10.2. The van der Waals surface area contributed by atoms with Crippen molar-refractivity contribution in [2.24, 2.45) is 0 Å². The zero-order chi connectivity index (χ0) is 18.8. The lowest BCUT2D eigenvalue weighted by Crippen LogP contribution is -2.45. The lowest BCUT2D eigenvalue weighted by molar-refractivity contribution is 0.102. The van der Waals surface area contributed by atoms with Gasteiger partial charge in [0.1, 0.15) is 0 Å². The van der Waals surface area contributed by atoms with E-state index >= 15 is 0 Å². The van der Waals surface area contributed by atoms with Gasteiger partial charge < -0.3 is 15.1 Å². The van der Waals surface area contributed by atoms with E-state index in [9.17, 15) is 4.79 Å². The standard InChI is InChI=1S/C20H20ClN5O/c1-25-10-12-26(13-11-25)19-18(22-16-8-4-5-9-17(16)23-19)20(27)24-15-7-3-2-6-14(15)21/h2-9H,10-13H2,1H3,(H,24,27). The molecule has 0 atom stereocenters. The van der Waals surface area contributed by atoms with Crippen molar-refractivity contribution in [3.63, 3.8) is 0 Å². The number of benzene rings is 2. The summed E-state index contributed by atoms with van der Waals surface area (Å²) in [5.74, 6) is 0.307. The third-order valence-corrected chi connectivity index (χ3v) is 5.02. The summed E-state index contributed by atoms with van der Waals surface area (Å²) < 4.78 is 0. The Bertz CT molecular complexity index is 985. The molecule has 0 bridgehead atoms. The molecule has 1 amide bonds. The topological polar surface area (TPSA) is 61.4 Å². The highest BCUT2D eigenvalue weighted by molar-refractivity contribution is 6.34. The zero-order valence-corrected chi connectivity index (χ0v) is 15.8. The van der Waals surface area contributed by atoms with Gasteiger partial charge in [-0.15, -0.1) is 0 Å². The number of amides is 1. The second kappa shape index (κ2) is 7.50. The van der Waals surface area contributed by atoms with Crippen LogP contribution in [-0.4, -0.2) is 54.0 Å². The van der Waals surface area contributed by atoms with Crippen LogP contribution in [-0.2, 0) is 0 Å². The third-order valence-electron chi connectivity index (χ3n) is 4.69. The molecule has 1 aliphatic rings. The summed E-state index contributed by atoms with van der Waals surface area (Å²) in [4.78, 5) is 26.8. The Morgan fingerprint density at radius 1 is 0.963 bits per heavy atom. The number of halogens is 1. The van der Waals surface area contributed by atoms with Crippen molar-refractivity contribution in [1.82, 2.24) is 14.9 Å². The van der Waals surface area contributed by atoms with Crippen molar-refractivity contribution >= 4 is 40.0 Å². The Balaban J connectivity index is 1.74. The number of aromatic nitrogens is 2. The molecule has 0 saturated carbocycles. The van der Waals surface area contributed by atoms with Crippen molar-refractivity contribution in [1.29, 1.82) is 0 Å². The van der Waals surface area contributed by atoms with Crippen LogP contribution in [0.3, 0.4) is 0 Å². The number of nitrogens with one attached hydrogen (secondary N) is 1. The van der Waals surface area contributed by atoms with E-state index in [4.69, 9.17) is 16.6 Å². The molecule has 1 saturated heterocycles. The van der Waals surface area contributed by atoms with E-state index in [0.29, 0.717) is 27.7 Å². The molecule has 0 unspecified atom stereocenters. The summed E-state index contributed by atoms with van der Waals surface area (Å²) in [5.41, 5.74) is 2.35. The van der Waals surface area contributed by atoms with E-state index in [2.05, 4.69) is 27.1 Å². The summed E-state index contributed by atoms with van der Waals surface area (Å²) in [6, 6.07) is 14.8. The monoisotopic (exact) mass is 381 g/mol. The SMILES string of the molecule is CN1CCN(c2nc3ccccc3nc2C(=O)Nc2ccccc2Cl)CC1. The van der Waals surface area contributed by atoms with Gasteiger partial charge in [0.2, 0.25) is 0 Å². The summed E-state index contributed by atoms with van der Waals surface area (Å²) in [7, 11) is 2.09.